The second kappa shape index (κ2) is 10.0. The van der Waals surface area contributed by atoms with E-state index in [2.05, 4.69) is 20.4 Å². The summed E-state index contributed by atoms with van der Waals surface area (Å²) < 4.78 is 3.34. The van der Waals surface area contributed by atoms with Gasteiger partial charge in [0.2, 0.25) is 5.84 Å². The molecule has 0 aliphatic heterocycles. The van der Waals surface area contributed by atoms with Crippen LogP contribution in [0.1, 0.15) is 5.56 Å². The van der Waals surface area contributed by atoms with Crippen LogP contribution in [0.2, 0.25) is 0 Å². The summed E-state index contributed by atoms with van der Waals surface area (Å²) >= 11 is 0. The molecular weight excluding hydrogens is 356 g/mol. The molecule has 0 aliphatic rings. The summed E-state index contributed by atoms with van der Waals surface area (Å²) in [5.41, 5.74) is 1.34. The zero-order valence-electron chi connectivity index (χ0n) is 15.2. The normalized spacial score (nSPS) is 12.6. The Morgan fingerprint density at radius 3 is 2.50 bits per heavy atom. The summed E-state index contributed by atoms with van der Waals surface area (Å²) in [6.45, 7) is 0.210. The van der Waals surface area contributed by atoms with Gasteiger partial charge in [0, 0.05) is 24.4 Å². The molecule has 1 aromatic carbocycles. The van der Waals surface area contributed by atoms with Gasteiger partial charge in [-0.25, -0.2) is 4.57 Å². The molecule has 0 radical (unpaired) electrons. The molecule has 2 aromatic heterocycles. The maximum Gasteiger partial charge on any atom is 0.352 e. The SMILES string of the molecule is OCCn1ccccc1=NN=C(N=Nc1cccc[n+]1CO)c1ccccc1. The number of pyridine rings is 2. The Morgan fingerprint density at radius 2 is 1.71 bits per heavy atom. The van der Waals surface area contributed by atoms with Crippen LogP contribution in [-0.2, 0) is 13.3 Å². The summed E-state index contributed by atoms with van der Waals surface area (Å²) in [6, 6.07) is 20.3. The number of nitrogens with zero attached hydrogens (tertiary/aromatic N) is 6. The monoisotopic (exact) mass is 377 g/mol. The van der Waals surface area contributed by atoms with Crippen LogP contribution in [0.4, 0.5) is 5.82 Å². The summed E-state index contributed by atoms with van der Waals surface area (Å²) in [5, 5.41) is 35.7. The molecule has 2 N–H and O–H groups in total. The van der Waals surface area contributed by atoms with Gasteiger partial charge < -0.3 is 14.8 Å². The van der Waals surface area contributed by atoms with E-state index in [1.165, 1.54) is 0 Å². The Kier molecular flexibility index (Phi) is 6.89. The van der Waals surface area contributed by atoms with E-state index in [1.807, 2.05) is 54.7 Å². The van der Waals surface area contributed by atoms with Crippen LogP contribution in [-0.4, -0.2) is 27.2 Å². The Labute approximate surface area is 162 Å². The van der Waals surface area contributed by atoms with Gasteiger partial charge in [0.05, 0.1) is 17.9 Å². The highest BCUT2D eigenvalue weighted by atomic mass is 16.3. The Bertz CT molecular complexity index is 1030. The van der Waals surface area contributed by atoms with Crippen molar-refractivity contribution in [3.63, 3.8) is 0 Å². The molecule has 8 nitrogen and oxygen atoms in total. The second-order valence-electron chi connectivity index (χ2n) is 5.74. The fourth-order valence-corrected chi connectivity index (χ4v) is 2.45. The molecule has 8 heteroatoms. The summed E-state index contributed by atoms with van der Waals surface area (Å²) in [4.78, 5) is 0. The maximum absolute atomic E-state index is 9.42. The molecular formula is C20H21N6O2+. The predicted octanol–water partition coefficient (Wildman–Crippen LogP) is 1.76. The topological polar surface area (TPSA) is 98.7 Å². The Balaban J connectivity index is 2.02. The van der Waals surface area contributed by atoms with Crippen LogP contribution in [0.3, 0.4) is 0 Å². The summed E-state index contributed by atoms with van der Waals surface area (Å²) in [7, 11) is 0. The van der Waals surface area contributed by atoms with Gasteiger partial charge in [-0.15, -0.1) is 10.2 Å². The molecule has 0 spiro atoms. The number of aromatic nitrogens is 2. The first-order chi connectivity index (χ1) is 13.8. The van der Waals surface area contributed by atoms with Crippen LogP contribution < -0.4 is 10.1 Å². The molecule has 0 bridgehead atoms. The number of benzene rings is 1. The maximum atomic E-state index is 9.42. The van der Waals surface area contributed by atoms with Gasteiger partial charge in [-0.05, 0) is 23.3 Å². The van der Waals surface area contributed by atoms with Crippen molar-refractivity contribution >= 4 is 11.7 Å². The molecule has 0 unspecified atom stereocenters. The third-order valence-electron chi connectivity index (χ3n) is 3.85. The van der Waals surface area contributed by atoms with Crippen molar-refractivity contribution in [2.45, 2.75) is 13.3 Å². The van der Waals surface area contributed by atoms with E-state index >= 15 is 0 Å². The van der Waals surface area contributed by atoms with Crippen LogP contribution in [0.15, 0.2) is 99.6 Å². The van der Waals surface area contributed by atoms with Crippen molar-refractivity contribution in [2.75, 3.05) is 6.61 Å². The number of hydrogen-bond acceptors (Lipinski definition) is 5. The zero-order chi connectivity index (χ0) is 19.6. The van der Waals surface area contributed by atoms with E-state index in [-0.39, 0.29) is 13.3 Å². The summed E-state index contributed by atoms with van der Waals surface area (Å²) in [6.07, 6.45) is 3.53. The minimum absolute atomic E-state index is 0.00132. The molecule has 3 rings (SSSR count). The highest BCUT2D eigenvalue weighted by Crippen LogP contribution is 2.08. The van der Waals surface area contributed by atoms with E-state index in [1.54, 1.807) is 33.5 Å². The minimum atomic E-state index is -0.206. The zero-order valence-corrected chi connectivity index (χ0v) is 15.2. The van der Waals surface area contributed by atoms with E-state index in [9.17, 15) is 10.2 Å². The number of azo groups is 1. The standard InChI is InChI=1S/C20H21N6O2/c27-15-14-25-12-6-4-10-18(25)21-23-20(17-8-2-1-3-9-17)24-22-19-11-5-7-13-26(19)16-28/h1-13,27-28H,14-16H2/q+1. The lowest BCUT2D eigenvalue weighted by atomic mass is 10.2. The van der Waals surface area contributed by atoms with Crippen molar-refractivity contribution in [1.29, 1.82) is 0 Å². The number of amidine groups is 1. The average Bonchev–Trinajstić information content (AvgIpc) is 2.76. The van der Waals surface area contributed by atoms with Gasteiger partial charge in [0.1, 0.15) is 0 Å². The van der Waals surface area contributed by atoms with E-state index < -0.39 is 0 Å². The van der Waals surface area contributed by atoms with Gasteiger partial charge in [-0.3, -0.25) is 0 Å². The number of rotatable bonds is 6. The lowest BCUT2D eigenvalue weighted by Gasteiger charge is -2.03. The lowest BCUT2D eigenvalue weighted by Crippen LogP contribution is -2.32. The predicted molar refractivity (Wildman–Crippen MR) is 103 cm³/mol. The molecule has 142 valence electrons. The highest BCUT2D eigenvalue weighted by molar-refractivity contribution is 5.99. The smallest absolute Gasteiger partial charge is 0.352 e. The van der Waals surface area contributed by atoms with Gasteiger partial charge in [-0.1, -0.05) is 42.5 Å². The molecule has 2 heterocycles. The highest BCUT2D eigenvalue weighted by Gasteiger charge is 2.10. The van der Waals surface area contributed by atoms with Crippen LogP contribution in [0.5, 0.6) is 0 Å². The van der Waals surface area contributed by atoms with Gasteiger partial charge >= 0.3 is 5.82 Å². The molecule has 0 saturated heterocycles. The van der Waals surface area contributed by atoms with E-state index in [4.69, 9.17) is 0 Å². The first-order valence-electron chi connectivity index (χ1n) is 8.76. The molecule has 0 fully saturated rings. The molecule has 0 aliphatic carbocycles. The molecule has 0 atom stereocenters. The van der Waals surface area contributed by atoms with Crippen molar-refractivity contribution in [3.8, 4) is 0 Å². The number of hydrogen-bond donors (Lipinski definition) is 2. The molecule has 3 aromatic rings. The molecule has 0 saturated carbocycles. The van der Waals surface area contributed by atoms with Crippen LogP contribution in [0.25, 0.3) is 0 Å². The Morgan fingerprint density at radius 1 is 0.929 bits per heavy atom. The van der Waals surface area contributed by atoms with Crippen molar-refractivity contribution in [1.82, 2.24) is 4.57 Å². The van der Waals surface area contributed by atoms with Gasteiger partial charge in [0.25, 0.3) is 0 Å². The van der Waals surface area contributed by atoms with Crippen molar-refractivity contribution in [3.05, 3.63) is 90.2 Å². The minimum Gasteiger partial charge on any atom is -0.395 e. The second-order valence-corrected chi connectivity index (χ2v) is 5.74. The van der Waals surface area contributed by atoms with Crippen molar-refractivity contribution < 1.29 is 14.8 Å². The van der Waals surface area contributed by atoms with Crippen molar-refractivity contribution in [2.24, 2.45) is 20.4 Å². The number of aliphatic hydroxyl groups excluding tert-OH is 2. The third-order valence-corrected chi connectivity index (χ3v) is 3.85. The fourth-order valence-electron chi connectivity index (χ4n) is 2.45. The largest absolute Gasteiger partial charge is 0.395 e. The van der Waals surface area contributed by atoms with Crippen LogP contribution in [0, 0.1) is 0 Å². The Hall–Kier alpha value is -3.49. The number of aliphatic hydroxyl groups is 2. The molecule has 0 amide bonds. The first kappa shape index (κ1) is 19.3. The third kappa shape index (κ3) is 5.03. The quantitative estimate of drug-likeness (QED) is 0.225. The lowest BCUT2D eigenvalue weighted by molar-refractivity contribution is -0.718. The average molecular weight is 377 g/mol. The van der Waals surface area contributed by atoms with E-state index in [0.29, 0.717) is 23.7 Å². The first-order valence-corrected chi connectivity index (χ1v) is 8.76. The van der Waals surface area contributed by atoms with E-state index in [0.717, 1.165) is 5.56 Å². The van der Waals surface area contributed by atoms with Gasteiger partial charge in [-0.2, -0.15) is 0 Å². The van der Waals surface area contributed by atoms with Gasteiger partial charge in [0.15, 0.2) is 12.2 Å². The summed E-state index contributed by atoms with van der Waals surface area (Å²) in [5.74, 6) is 0.817. The fraction of sp³-hybridized carbons (Fsp3) is 0.150. The van der Waals surface area contributed by atoms with Crippen LogP contribution >= 0.6 is 0 Å². The molecule has 28 heavy (non-hydrogen) atoms.